The third-order valence-electron chi connectivity index (χ3n) is 5.08. The Morgan fingerprint density at radius 2 is 1.20 bits per heavy atom. The van der Waals surface area contributed by atoms with Gasteiger partial charge in [0.2, 0.25) is 5.91 Å². The Morgan fingerprint density at radius 1 is 0.720 bits per heavy atom. The number of methoxy groups -OCH3 is 2. The molecular formula is C19H21N3O3. The third-order valence-corrected chi connectivity index (χ3v) is 5.08. The lowest BCUT2D eigenvalue weighted by Crippen LogP contribution is -2.39. The van der Waals surface area contributed by atoms with Gasteiger partial charge >= 0.3 is 0 Å². The van der Waals surface area contributed by atoms with Crippen LogP contribution in [0.1, 0.15) is 23.2 Å². The highest BCUT2D eigenvalue weighted by Crippen LogP contribution is 2.42. The molecule has 2 aromatic carbocycles. The Hall–Kier alpha value is -2.57. The summed E-state index contributed by atoms with van der Waals surface area (Å²) in [5.41, 5.74) is 8.63. The van der Waals surface area contributed by atoms with Crippen LogP contribution in [0.4, 0.5) is 0 Å². The zero-order valence-corrected chi connectivity index (χ0v) is 14.2. The van der Waals surface area contributed by atoms with Gasteiger partial charge in [0.25, 0.3) is 0 Å². The fourth-order valence-corrected chi connectivity index (χ4v) is 3.76. The first-order valence-electron chi connectivity index (χ1n) is 8.30. The first-order chi connectivity index (χ1) is 12.2. The van der Waals surface area contributed by atoms with Gasteiger partial charge in [0.15, 0.2) is 0 Å². The molecule has 2 fully saturated rings. The van der Waals surface area contributed by atoms with Crippen molar-refractivity contribution in [2.24, 2.45) is 5.92 Å². The van der Waals surface area contributed by atoms with Crippen molar-refractivity contribution in [3.63, 3.8) is 0 Å². The maximum atomic E-state index is 12.4. The zero-order chi connectivity index (χ0) is 17.4. The lowest BCUT2D eigenvalue weighted by Gasteiger charge is -2.24. The van der Waals surface area contributed by atoms with E-state index in [1.165, 1.54) is 0 Å². The second kappa shape index (κ2) is 6.38. The summed E-state index contributed by atoms with van der Waals surface area (Å²) in [7, 11) is 3.30. The smallest absolute Gasteiger partial charge is 0.239 e. The molecule has 2 aliphatic heterocycles. The molecule has 6 heteroatoms. The molecule has 2 saturated heterocycles. The minimum Gasteiger partial charge on any atom is -0.497 e. The number of carbonyl (C=O) groups is 1. The Bertz CT molecular complexity index is 760. The Kier molecular flexibility index (Phi) is 4.07. The fourth-order valence-electron chi connectivity index (χ4n) is 3.76. The van der Waals surface area contributed by atoms with E-state index in [1.54, 1.807) is 14.2 Å². The number of hydrogen-bond acceptors (Lipinski definition) is 5. The number of ether oxygens (including phenoxy) is 2. The van der Waals surface area contributed by atoms with Crippen molar-refractivity contribution >= 4 is 5.91 Å². The average molecular weight is 339 g/mol. The molecule has 4 atom stereocenters. The van der Waals surface area contributed by atoms with Gasteiger partial charge < -0.3 is 14.8 Å². The van der Waals surface area contributed by atoms with E-state index in [0.29, 0.717) is 0 Å². The van der Waals surface area contributed by atoms with Gasteiger partial charge in [-0.25, -0.2) is 10.9 Å². The maximum absolute atomic E-state index is 12.4. The summed E-state index contributed by atoms with van der Waals surface area (Å²) in [6.07, 6.45) is 0. The summed E-state index contributed by atoms with van der Waals surface area (Å²) in [5.74, 6) is 1.72. The molecule has 2 heterocycles. The second-order valence-electron chi connectivity index (χ2n) is 6.35. The molecule has 0 bridgehead atoms. The topological polar surface area (TPSA) is 71.6 Å². The number of hydrazine groups is 1. The molecule has 0 spiro atoms. The van der Waals surface area contributed by atoms with Crippen LogP contribution < -0.4 is 25.6 Å². The molecule has 3 N–H and O–H groups in total. The Labute approximate surface area is 146 Å². The Balaban J connectivity index is 1.65. The quantitative estimate of drug-likeness (QED) is 0.791. The van der Waals surface area contributed by atoms with Gasteiger partial charge in [0.1, 0.15) is 17.5 Å². The van der Waals surface area contributed by atoms with Gasteiger partial charge in [-0.2, -0.15) is 0 Å². The summed E-state index contributed by atoms with van der Waals surface area (Å²) in [6, 6.07) is 15.5. The molecule has 4 rings (SSSR count). The van der Waals surface area contributed by atoms with Crippen molar-refractivity contribution in [3.05, 3.63) is 59.7 Å². The largest absolute Gasteiger partial charge is 0.497 e. The molecule has 0 saturated carbocycles. The van der Waals surface area contributed by atoms with Crippen molar-refractivity contribution < 1.29 is 14.3 Å². The number of carbonyl (C=O) groups excluding carboxylic acids is 1. The first-order valence-corrected chi connectivity index (χ1v) is 8.30. The molecule has 130 valence electrons. The van der Waals surface area contributed by atoms with Gasteiger partial charge in [-0.05, 0) is 35.4 Å². The molecule has 6 nitrogen and oxygen atoms in total. The van der Waals surface area contributed by atoms with Crippen molar-refractivity contribution in [1.82, 2.24) is 16.2 Å². The van der Waals surface area contributed by atoms with E-state index in [2.05, 4.69) is 16.2 Å². The van der Waals surface area contributed by atoms with E-state index in [0.717, 1.165) is 22.6 Å². The molecule has 4 unspecified atom stereocenters. The number of nitrogens with one attached hydrogen (secondary N) is 3. The van der Waals surface area contributed by atoms with Gasteiger partial charge in [-0.15, -0.1) is 0 Å². The number of hydrogen-bond donors (Lipinski definition) is 3. The minimum absolute atomic E-state index is 0.0225. The van der Waals surface area contributed by atoms with Gasteiger partial charge in [0, 0.05) is 5.92 Å². The van der Waals surface area contributed by atoms with Crippen molar-refractivity contribution in [1.29, 1.82) is 0 Å². The van der Waals surface area contributed by atoms with Crippen LogP contribution in [-0.2, 0) is 4.79 Å². The van der Waals surface area contributed by atoms with Crippen molar-refractivity contribution in [3.8, 4) is 11.5 Å². The second-order valence-corrected chi connectivity index (χ2v) is 6.35. The molecule has 0 radical (unpaired) electrons. The van der Waals surface area contributed by atoms with Crippen molar-refractivity contribution in [2.75, 3.05) is 14.2 Å². The number of benzene rings is 2. The van der Waals surface area contributed by atoms with Crippen LogP contribution in [0.15, 0.2) is 48.5 Å². The molecule has 2 aliphatic rings. The van der Waals surface area contributed by atoms with Crippen LogP contribution in [0.3, 0.4) is 0 Å². The normalized spacial score (nSPS) is 27.7. The SMILES string of the molecule is COc1ccc(C2NNC3C(=O)NC(c4ccc(OC)cc4)C32)cc1. The lowest BCUT2D eigenvalue weighted by atomic mass is 9.83. The Morgan fingerprint density at radius 3 is 1.72 bits per heavy atom. The van der Waals surface area contributed by atoms with E-state index in [9.17, 15) is 4.79 Å². The predicted octanol–water partition coefficient (Wildman–Crippen LogP) is 1.71. The van der Waals surface area contributed by atoms with Crippen LogP contribution in [0.25, 0.3) is 0 Å². The van der Waals surface area contributed by atoms with Gasteiger partial charge in [-0.1, -0.05) is 24.3 Å². The third kappa shape index (κ3) is 2.73. The fraction of sp³-hybridized carbons (Fsp3) is 0.316. The highest BCUT2D eigenvalue weighted by Gasteiger charge is 2.51. The van der Waals surface area contributed by atoms with E-state index < -0.39 is 0 Å². The molecular weight excluding hydrogens is 318 g/mol. The van der Waals surface area contributed by atoms with Crippen LogP contribution >= 0.6 is 0 Å². The van der Waals surface area contributed by atoms with Crippen LogP contribution in [0.2, 0.25) is 0 Å². The van der Waals surface area contributed by atoms with Crippen LogP contribution in [0.5, 0.6) is 11.5 Å². The summed E-state index contributed by atoms with van der Waals surface area (Å²) in [5, 5.41) is 3.13. The number of fused-ring (bicyclic) bond motifs is 1. The lowest BCUT2D eigenvalue weighted by molar-refractivity contribution is -0.121. The number of amides is 1. The average Bonchev–Trinajstić information content (AvgIpc) is 3.23. The highest BCUT2D eigenvalue weighted by molar-refractivity contribution is 5.86. The van der Waals surface area contributed by atoms with E-state index in [4.69, 9.17) is 9.47 Å². The monoisotopic (exact) mass is 339 g/mol. The molecule has 0 aromatic heterocycles. The van der Waals surface area contributed by atoms with E-state index in [-0.39, 0.29) is 30.0 Å². The molecule has 1 amide bonds. The highest BCUT2D eigenvalue weighted by atomic mass is 16.5. The summed E-state index contributed by atoms with van der Waals surface area (Å²) < 4.78 is 10.5. The zero-order valence-electron chi connectivity index (χ0n) is 14.2. The molecule has 2 aromatic rings. The van der Waals surface area contributed by atoms with Crippen LogP contribution in [-0.4, -0.2) is 26.2 Å². The first kappa shape index (κ1) is 15.9. The molecule has 0 aliphatic carbocycles. The van der Waals surface area contributed by atoms with Crippen molar-refractivity contribution in [2.45, 2.75) is 18.1 Å². The minimum atomic E-state index is -0.251. The van der Waals surface area contributed by atoms with Gasteiger partial charge in [-0.3, -0.25) is 4.79 Å². The predicted molar refractivity (Wildman–Crippen MR) is 93.2 cm³/mol. The summed E-state index contributed by atoms with van der Waals surface area (Å²) in [4.78, 5) is 12.4. The van der Waals surface area contributed by atoms with E-state index in [1.807, 2.05) is 48.5 Å². The van der Waals surface area contributed by atoms with Gasteiger partial charge in [0.05, 0.1) is 26.3 Å². The summed E-state index contributed by atoms with van der Waals surface area (Å²) >= 11 is 0. The standard InChI is InChI=1S/C19H21N3O3/c1-24-13-7-3-11(4-8-13)16-15-17(21-22-18(15)19(23)20-16)12-5-9-14(25-2)10-6-12/h3-10,15-18,21-22H,1-2H3,(H,20,23). The summed E-state index contributed by atoms with van der Waals surface area (Å²) in [6.45, 7) is 0. The molecule has 25 heavy (non-hydrogen) atoms. The van der Waals surface area contributed by atoms with Crippen LogP contribution in [0, 0.1) is 5.92 Å². The number of rotatable bonds is 4. The maximum Gasteiger partial charge on any atom is 0.239 e. The van der Waals surface area contributed by atoms with E-state index >= 15 is 0 Å².